The van der Waals surface area contributed by atoms with E-state index in [-0.39, 0.29) is 5.78 Å². The minimum absolute atomic E-state index is 0.0252. The topological polar surface area (TPSA) is 126 Å². The number of carbonyl (C=O) groups is 3. The molecule has 2 fully saturated rings. The summed E-state index contributed by atoms with van der Waals surface area (Å²) >= 11 is 1.63. The molecule has 2 bridgehead atoms. The average molecular weight is 553 g/mol. The Kier molecular flexibility index (Phi) is 9.32. The number of aromatic nitrogens is 1. The minimum atomic E-state index is -1.26. The summed E-state index contributed by atoms with van der Waals surface area (Å²) in [7, 11) is 1.61. The standard InChI is InChI=1S/C25H28N2O3S.C4H4O4/c1-16(28)17-7-10-22(23(15-17)29-2)30-12-11-27-19-8-9-20(27)14-18(13-19)25-21-5-3-4-6-24(21)31-26-25;5-3(6)1-2-4(7)8/h3-7,10,15,18-20H,8-9,11-14H2,1-2H3;1-2H,(H,5,6)(H,7,8). The van der Waals surface area contributed by atoms with Gasteiger partial charge in [0.1, 0.15) is 6.61 Å². The molecule has 2 N–H and O–H groups in total. The van der Waals surface area contributed by atoms with Gasteiger partial charge in [-0.25, -0.2) is 9.59 Å². The lowest BCUT2D eigenvalue weighted by atomic mass is 9.87. The molecular formula is C29H32N2O7S. The molecule has 9 nitrogen and oxygen atoms in total. The monoisotopic (exact) mass is 552 g/mol. The van der Waals surface area contributed by atoms with Crippen LogP contribution < -0.4 is 9.47 Å². The van der Waals surface area contributed by atoms with E-state index in [0.717, 1.165) is 6.54 Å². The van der Waals surface area contributed by atoms with Gasteiger partial charge in [0, 0.05) is 47.6 Å². The quantitative estimate of drug-likeness (QED) is 0.278. The van der Waals surface area contributed by atoms with Gasteiger partial charge >= 0.3 is 11.9 Å². The first-order valence-electron chi connectivity index (χ1n) is 12.8. The molecule has 0 radical (unpaired) electrons. The average Bonchev–Trinajstić information content (AvgIpc) is 3.45. The van der Waals surface area contributed by atoms with Crippen molar-refractivity contribution < 1.29 is 34.1 Å². The molecule has 39 heavy (non-hydrogen) atoms. The molecule has 0 saturated carbocycles. The number of carboxylic acid groups (broad SMARTS) is 2. The first-order valence-corrected chi connectivity index (χ1v) is 13.6. The zero-order valence-corrected chi connectivity index (χ0v) is 22.7. The molecule has 0 aliphatic carbocycles. The number of fused-ring (bicyclic) bond motifs is 3. The summed E-state index contributed by atoms with van der Waals surface area (Å²) in [5.41, 5.74) is 1.95. The first-order chi connectivity index (χ1) is 18.8. The highest BCUT2D eigenvalue weighted by Gasteiger charge is 2.41. The van der Waals surface area contributed by atoms with Crippen LogP contribution in [0.2, 0.25) is 0 Å². The van der Waals surface area contributed by atoms with Crippen molar-refractivity contribution in [1.29, 1.82) is 0 Å². The number of hydrogen-bond donors (Lipinski definition) is 2. The third-order valence-electron chi connectivity index (χ3n) is 7.22. The van der Waals surface area contributed by atoms with Gasteiger partial charge in [-0.1, -0.05) is 18.2 Å². The number of nitrogens with zero attached hydrogens (tertiary/aromatic N) is 2. The Hall–Kier alpha value is -3.76. The Morgan fingerprint density at radius 3 is 2.31 bits per heavy atom. The maximum Gasteiger partial charge on any atom is 0.328 e. The van der Waals surface area contributed by atoms with E-state index < -0.39 is 11.9 Å². The number of piperidine rings is 1. The van der Waals surface area contributed by atoms with Crippen LogP contribution in [0, 0.1) is 0 Å². The van der Waals surface area contributed by atoms with E-state index in [0.29, 0.717) is 53.8 Å². The van der Waals surface area contributed by atoms with E-state index in [9.17, 15) is 14.4 Å². The highest BCUT2D eigenvalue weighted by Crippen LogP contribution is 2.44. The minimum Gasteiger partial charge on any atom is -0.493 e. The van der Waals surface area contributed by atoms with E-state index in [4.69, 9.17) is 24.1 Å². The van der Waals surface area contributed by atoms with Crippen molar-refractivity contribution in [2.45, 2.75) is 50.6 Å². The Morgan fingerprint density at radius 1 is 1.03 bits per heavy atom. The molecule has 2 atom stereocenters. The van der Waals surface area contributed by atoms with Crippen LogP contribution in [0.4, 0.5) is 0 Å². The zero-order valence-electron chi connectivity index (χ0n) is 21.9. The lowest BCUT2D eigenvalue weighted by Crippen LogP contribution is -2.44. The van der Waals surface area contributed by atoms with Crippen molar-refractivity contribution in [1.82, 2.24) is 9.27 Å². The second kappa shape index (κ2) is 12.9. The van der Waals surface area contributed by atoms with Gasteiger partial charge in [0.25, 0.3) is 0 Å². The molecule has 2 aliphatic heterocycles. The molecular weight excluding hydrogens is 520 g/mol. The van der Waals surface area contributed by atoms with Crippen LogP contribution in [-0.2, 0) is 9.59 Å². The number of carboxylic acids is 2. The normalized spacial score (nSPS) is 20.4. The molecule has 2 aliphatic rings. The second-order valence-corrected chi connectivity index (χ2v) is 10.4. The number of rotatable bonds is 9. The third-order valence-corrected chi connectivity index (χ3v) is 8.06. The summed E-state index contributed by atoms with van der Waals surface area (Å²) in [5.74, 6) is -0.615. The van der Waals surface area contributed by atoms with Gasteiger partial charge in [0.05, 0.1) is 17.5 Å². The summed E-state index contributed by atoms with van der Waals surface area (Å²) in [5, 5.41) is 17.0. The second-order valence-electron chi connectivity index (χ2n) is 9.64. The Bertz CT molecular complexity index is 1340. The molecule has 2 unspecified atom stereocenters. The van der Waals surface area contributed by atoms with E-state index in [1.54, 1.807) is 37.7 Å². The van der Waals surface area contributed by atoms with E-state index in [1.807, 2.05) is 6.07 Å². The smallest absolute Gasteiger partial charge is 0.328 e. The van der Waals surface area contributed by atoms with Crippen LogP contribution >= 0.6 is 11.5 Å². The van der Waals surface area contributed by atoms with Crippen LogP contribution in [0.1, 0.15) is 54.6 Å². The Morgan fingerprint density at radius 2 is 1.69 bits per heavy atom. The van der Waals surface area contributed by atoms with Crippen LogP contribution in [0.3, 0.4) is 0 Å². The molecule has 2 aromatic carbocycles. The van der Waals surface area contributed by atoms with Gasteiger partial charge < -0.3 is 19.7 Å². The number of ketones is 1. The maximum absolute atomic E-state index is 11.6. The number of aliphatic carboxylic acids is 2. The lowest BCUT2D eigenvalue weighted by Gasteiger charge is -2.38. The number of benzene rings is 2. The van der Waals surface area contributed by atoms with Crippen LogP contribution in [0.25, 0.3) is 10.1 Å². The number of carbonyl (C=O) groups excluding carboxylic acids is 1. The fourth-order valence-corrected chi connectivity index (χ4v) is 6.33. The summed E-state index contributed by atoms with van der Waals surface area (Å²) in [6, 6.07) is 15.2. The zero-order chi connectivity index (χ0) is 27.9. The molecule has 10 heteroatoms. The summed E-state index contributed by atoms with van der Waals surface area (Å²) < 4.78 is 17.6. The Balaban J connectivity index is 0.000000386. The molecule has 3 heterocycles. The van der Waals surface area contributed by atoms with Crippen molar-refractivity contribution in [2.24, 2.45) is 0 Å². The number of methoxy groups -OCH3 is 1. The van der Waals surface area contributed by atoms with Gasteiger partial charge in [-0.2, -0.15) is 4.37 Å². The maximum atomic E-state index is 11.6. The van der Waals surface area contributed by atoms with Crippen LogP contribution in [-0.4, -0.2) is 69.6 Å². The molecule has 206 valence electrons. The van der Waals surface area contributed by atoms with Crippen molar-refractivity contribution in [3.05, 3.63) is 65.9 Å². The van der Waals surface area contributed by atoms with E-state index in [1.165, 1.54) is 41.5 Å². The molecule has 0 spiro atoms. The van der Waals surface area contributed by atoms with Crippen molar-refractivity contribution in [3.63, 3.8) is 0 Å². The van der Waals surface area contributed by atoms with E-state index >= 15 is 0 Å². The summed E-state index contributed by atoms with van der Waals surface area (Å²) in [6.07, 6.45) is 6.01. The SMILES string of the molecule is COc1cc(C(C)=O)ccc1OCCN1C2CCC1CC(c1nsc3ccccc13)C2.O=C(O)C=CC(=O)O. The molecule has 2 saturated heterocycles. The van der Waals surface area contributed by atoms with Gasteiger partial charge in [-0.05, 0) is 68.4 Å². The van der Waals surface area contributed by atoms with Crippen molar-refractivity contribution in [2.75, 3.05) is 20.3 Å². The highest BCUT2D eigenvalue weighted by molar-refractivity contribution is 7.13. The predicted octanol–water partition coefficient (Wildman–Crippen LogP) is 5.01. The predicted molar refractivity (Wildman–Crippen MR) is 148 cm³/mol. The first kappa shape index (κ1) is 28.3. The largest absolute Gasteiger partial charge is 0.493 e. The lowest BCUT2D eigenvalue weighted by molar-refractivity contribution is -0.134. The number of hydrogen-bond acceptors (Lipinski definition) is 8. The summed E-state index contributed by atoms with van der Waals surface area (Å²) in [6.45, 7) is 3.09. The molecule has 1 aromatic heterocycles. The van der Waals surface area contributed by atoms with Crippen LogP contribution in [0.15, 0.2) is 54.6 Å². The molecule has 5 rings (SSSR count). The number of ether oxygens (including phenoxy) is 2. The van der Waals surface area contributed by atoms with Gasteiger partial charge in [-0.15, -0.1) is 0 Å². The van der Waals surface area contributed by atoms with Crippen LogP contribution in [0.5, 0.6) is 11.5 Å². The summed E-state index contributed by atoms with van der Waals surface area (Å²) in [4.78, 5) is 33.3. The number of Topliss-reactive ketones (excluding diaryl/α,β-unsaturated/α-hetero) is 1. The van der Waals surface area contributed by atoms with Crippen molar-refractivity contribution >= 4 is 39.3 Å². The van der Waals surface area contributed by atoms with Gasteiger partial charge in [0.15, 0.2) is 17.3 Å². The van der Waals surface area contributed by atoms with Gasteiger partial charge in [0.2, 0.25) is 0 Å². The fourth-order valence-electron chi connectivity index (χ4n) is 5.47. The molecule has 0 amide bonds. The third kappa shape index (κ3) is 7.01. The Labute approximate surface area is 230 Å². The molecule has 3 aromatic rings. The van der Waals surface area contributed by atoms with E-state index in [2.05, 4.69) is 29.2 Å². The van der Waals surface area contributed by atoms with Gasteiger partial charge in [-0.3, -0.25) is 9.69 Å². The van der Waals surface area contributed by atoms with Crippen molar-refractivity contribution in [3.8, 4) is 11.5 Å². The highest BCUT2D eigenvalue weighted by atomic mass is 32.1. The fraction of sp³-hybridized carbons (Fsp3) is 0.379.